The van der Waals surface area contributed by atoms with Crippen molar-refractivity contribution in [2.24, 2.45) is 5.73 Å². The molecule has 0 amide bonds. The Balaban J connectivity index is 2.08. The fourth-order valence-electron chi connectivity index (χ4n) is 1.67. The maximum absolute atomic E-state index is 12.1. The first-order valence-electron chi connectivity index (χ1n) is 6.04. The predicted molar refractivity (Wildman–Crippen MR) is 79.8 cm³/mol. The molecular weight excluding hydrogens is 296 g/mol. The van der Waals surface area contributed by atoms with Crippen LogP contribution in [0.25, 0.3) is 0 Å². The van der Waals surface area contributed by atoms with Crippen LogP contribution in [0.3, 0.4) is 0 Å². The van der Waals surface area contributed by atoms with E-state index in [1.54, 1.807) is 48.5 Å². The summed E-state index contributed by atoms with van der Waals surface area (Å²) in [6, 6.07) is 13.5. The summed E-state index contributed by atoms with van der Waals surface area (Å²) in [5.41, 5.74) is 7.21. The van der Waals surface area contributed by atoms with Gasteiger partial charge in [-0.1, -0.05) is 35.9 Å². The molecule has 0 saturated carbocycles. The van der Waals surface area contributed by atoms with Crippen LogP contribution < -0.4 is 10.5 Å². The Labute approximate surface area is 123 Å². The molecule has 20 heavy (non-hydrogen) atoms. The number of benzene rings is 2. The van der Waals surface area contributed by atoms with Crippen LogP contribution in [0.4, 0.5) is 0 Å². The summed E-state index contributed by atoms with van der Waals surface area (Å²) in [5, 5.41) is 0.619. The zero-order valence-corrected chi connectivity index (χ0v) is 12.3. The van der Waals surface area contributed by atoms with Gasteiger partial charge in [-0.05, 0) is 35.4 Å². The average molecular weight is 311 g/mol. The van der Waals surface area contributed by atoms with Crippen LogP contribution in [0.5, 0.6) is 0 Å². The summed E-state index contributed by atoms with van der Waals surface area (Å²) in [6.45, 7) is 0.608. The molecule has 0 spiro atoms. The molecule has 0 aromatic heterocycles. The Hall–Kier alpha value is -1.40. The van der Waals surface area contributed by atoms with Gasteiger partial charge in [0.1, 0.15) is 0 Å². The minimum absolute atomic E-state index is 0.220. The van der Waals surface area contributed by atoms with Gasteiger partial charge in [0.15, 0.2) is 0 Å². The number of hydrogen-bond acceptors (Lipinski definition) is 3. The quantitative estimate of drug-likeness (QED) is 0.890. The van der Waals surface area contributed by atoms with Gasteiger partial charge in [0.05, 0.1) is 4.90 Å². The maximum Gasteiger partial charge on any atom is 0.240 e. The van der Waals surface area contributed by atoms with Crippen molar-refractivity contribution in [2.75, 3.05) is 0 Å². The molecule has 0 saturated heterocycles. The van der Waals surface area contributed by atoms with Crippen molar-refractivity contribution in [3.05, 3.63) is 64.7 Å². The summed E-state index contributed by atoms with van der Waals surface area (Å²) in [6.07, 6.45) is 0. The van der Waals surface area contributed by atoms with Crippen LogP contribution in [0.15, 0.2) is 53.4 Å². The first kappa shape index (κ1) is 15.0. The van der Waals surface area contributed by atoms with Crippen molar-refractivity contribution in [3.63, 3.8) is 0 Å². The highest BCUT2D eigenvalue weighted by molar-refractivity contribution is 7.89. The molecule has 0 bridgehead atoms. The minimum Gasteiger partial charge on any atom is -0.326 e. The molecule has 2 rings (SSSR count). The normalized spacial score (nSPS) is 11.5. The third-order valence-electron chi connectivity index (χ3n) is 2.85. The van der Waals surface area contributed by atoms with Gasteiger partial charge in [-0.2, -0.15) is 0 Å². The molecule has 0 aliphatic heterocycles. The molecule has 3 N–H and O–H groups in total. The highest BCUT2D eigenvalue weighted by Crippen LogP contribution is 2.12. The molecule has 0 unspecified atom stereocenters. The summed E-state index contributed by atoms with van der Waals surface area (Å²) >= 11 is 5.78. The number of nitrogens with one attached hydrogen (secondary N) is 1. The number of hydrogen-bond donors (Lipinski definition) is 2. The van der Waals surface area contributed by atoms with E-state index in [4.69, 9.17) is 17.3 Å². The first-order chi connectivity index (χ1) is 9.51. The van der Waals surface area contributed by atoms with Crippen LogP contribution in [0.2, 0.25) is 5.02 Å². The highest BCUT2D eigenvalue weighted by atomic mass is 35.5. The topological polar surface area (TPSA) is 72.2 Å². The van der Waals surface area contributed by atoms with E-state index in [9.17, 15) is 8.42 Å². The van der Waals surface area contributed by atoms with E-state index in [1.807, 2.05) is 0 Å². The molecule has 2 aromatic rings. The Kier molecular flexibility index (Phi) is 4.77. The van der Waals surface area contributed by atoms with Gasteiger partial charge in [0, 0.05) is 18.1 Å². The largest absolute Gasteiger partial charge is 0.326 e. The second kappa shape index (κ2) is 6.37. The number of sulfonamides is 1. The van der Waals surface area contributed by atoms with E-state index in [2.05, 4.69) is 4.72 Å². The Morgan fingerprint density at radius 1 is 0.950 bits per heavy atom. The van der Waals surface area contributed by atoms with Crippen LogP contribution in [0, 0.1) is 0 Å². The van der Waals surface area contributed by atoms with Gasteiger partial charge in [0.25, 0.3) is 0 Å². The fourth-order valence-corrected chi connectivity index (χ4v) is 2.81. The minimum atomic E-state index is -3.52. The van der Waals surface area contributed by atoms with Crippen LogP contribution in [-0.4, -0.2) is 8.42 Å². The number of halogens is 1. The van der Waals surface area contributed by atoms with Gasteiger partial charge in [-0.15, -0.1) is 0 Å². The summed E-state index contributed by atoms with van der Waals surface area (Å²) in [5.74, 6) is 0. The van der Waals surface area contributed by atoms with E-state index in [0.717, 1.165) is 11.1 Å². The van der Waals surface area contributed by atoms with E-state index in [1.165, 1.54) is 0 Å². The zero-order chi connectivity index (χ0) is 14.6. The standard InChI is InChI=1S/C14H15ClN2O2S/c15-13-5-1-12(2-6-13)10-17-20(18,19)14-7-3-11(9-16)4-8-14/h1-8,17H,9-10,16H2. The van der Waals surface area contributed by atoms with Crippen molar-refractivity contribution in [2.45, 2.75) is 18.0 Å². The van der Waals surface area contributed by atoms with Gasteiger partial charge in [-0.25, -0.2) is 13.1 Å². The second-order valence-electron chi connectivity index (χ2n) is 4.30. The van der Waals surface area contributed by atoms with E-state index in [0.29, 0.717) is 11.6 Å². The first-order valence-corrected chi connectivity index (χ1v) is 7.90. The van der Waals surface area contributed by atoms with Crippen molar-refractivity contribution in [3.8, 4) is 0 Å². The third kappa shape index (κ3) is 3.80. The fraction of sp³-hybridized carbons (Fsp3) is 0.143. The molecule has 4 nitrogen and oxygen atoms in total. The lowest BCUT2D eigenvalue weighted by Gasteiger charge is -2.07. The zero-order valence-electron chi connectivity index (χ0n) is 10.7. The smallest absolute Gasteiger partial charge is 0.240 e. The van der Waals surface area contributed by atoms with Crippen LogP contribution in [0.1, 0.15) is 11.1 Å². The molecule has 0 radical (unpaired) electrons. The third-order valence-corrected chi connectivity index (χ3v) is 4.52. The lowest BCUT2D eigenvalue weighted by atomic mass is 10.2. The maximum atomic E-state index is 12.1. The lowest BCUT2D eigenvalue weighted by Crippen LogP contribution is -2.23. The Morgan fingerprint density at radius 3 is 2.05 bits per heavy atom. The van der Waals surface area contributed by atoms with Gasteiger partial charge < -0.3 is 5.73 Å². The number of rotatable bonds is 5. The van der Waals surface area contributed by atoms with E-state index in [-0.39, 0.29) is 11.4 Å². The van der Waals surface area contributed by atoms with Gasteiger partial charge in [-0.3, -0.25) is 0 Å². The number of nitrogens with two attached hydrogens (primary N) is 1. The molecule has 0 aliphatic carbocycles. The van der Waals surface area contributed by atoms with Gasteiger partial charge >= 0.3 is 0 Å². The van der Waals surface area contributed by atoms with E-state index < -0.39 is 10.0 Å². The van der Waals surface area contributed by atoms with Gasteiger partial charge in [0.2, 0.25) is 10.0 Å². The highest BCUT2D eigenvalue weighted by Gasteiger charge is 2.13. The second-order valence-corrected chi connectivity index (χ2v) is 6.50. The van der Waals surface area contributed by atoms with Crippen molar-refractivity contribution in [1.82, 2.24) is 4.72 Å². The Morgan fingerprint density at radius 2 is 1.50 bits per heavy atom. The molecule has 6 heteroatoms. The predicted octanol–water partition coefficient (Wildman–Crippen LogP) is 2.28. The Bertz CT molecular complexity index is 667. The molecule has 0 heterocycles. The summed E-state index contributed by atoms with van der Waals surface area (Å²) in [4.78, 5) is 0.226. The monoisotopic (exact) mass is 310 g/mol. The molecule has 0 atom stereocenters. The molecule has 0 aliphatic rings. The van der Waals surface area contributed by atoms with Crippen molar-refractivity contribution >= 4 is 21.6 Å². The van der Waals surface area contributed by atoms with Crippen molar-refractivity contribution in [1.29, 1.82) is 0 Å². The molecule has 2 aromatic carbocycles. The van der Waals surface area contributed by atoms with E-state index >= 15 is 0 Å². The van der Waals surface area contributed by atoms with Crippen molar-refractivity contribution < 1.29 is 8.42 Å². The summed E-state index contributed by atoms with van der Waals surface area (Å²) in [7, 11) is -3.52. The molecule has 0 fully saturated rings. The van der Waals surface area contributed by atoms with Crippen LogP contribution in [-0.2, 0) is 23.1 Å². The summed E-state index contributed by atoms with van der Waals surface area (Å²) < 4.78 is 26.8. The van der Waals surface area contributed by atoms with Crippen LogP contribution >= 0.6 is 11.6 Å². The molecule has 106 valence electrons. The molecular formula is C14H15ClN2O2S. The lowest BCUT2D eigenvalue weighted by molar-refractivity contribution is 0.581. The average Bonchev–Trinajstić information content (AvgIpc) is 2.47. The SMILES string of the molecule is NCc1ccc(S(=O)(=O)NCc2ccc(Cl)cc2)cc1.